The number of hydrogen-bond donors (Lipinski definition) is 1. The SMILES string of the molecule is O=C(NCc1cccc(C(F)(F)F)c1)c1ccc(CN2CCCCC2)cc1. The monoisotopic (exact) mass is 376 g/mol. The molecule has 0 aliphatic carbocycles. The second-order valence-electron chi connectivity index (χ2n) is 6.91. The van der Waals surface area contributed by atoms with Gasteiger partial charge in [0.25, 0.3) is 5.91 Å². The molecular weight excluding hydrogens is 353 g/mol. The van der Waals surface area contributed by atoms with Crippen molar-refractivity contribution in [1.82, 2.24) is 10.2 Å². The van der Waals surface area contributed by atoms with Gasteiger partial charge in [-0.05, 0) is 61.3 Å². The maximum atomic E-state index is 12.7. The number of piperidine rings is 1. The number of benzene rings is 2. The van der Waals surface area contributed by atoms with Gasteiger partial charge >= 0.3 is 6.18 Å². The van der Waals surface area contributed by atoms with E-state index < -0.39 is 11.7 Å². The van der Waals surface area contributed by atoms with Crippen molar-refractivity contribution in [1.29, 1.82) is 0 Å². The van der Waals surface area contributed by atoms with Crippen LogP contribution in [0.1, 0.15) is 46.3 Å². The van der Waals surface area contributed by atoms with Gasteiger partial charge in [-0.3, -0.25) is 9.69 Å². The Morgan fingerprint density at radius 3 is 2.33 bits per heavy atom. The molecule has 1 aliphatic heterocycles. The first-order chi connectivity index (χ1) is 12.9. The molecule has 3 nitrogen and oxygen atoms in total. The Morgan fingerprint density at radius 1 is 0.963 bits per heavy atom. The summed E-state index contributed by atoms with van der Waals surface area (Å²) in [6.07, 6.45) is -0.627. The fraction of sp³-hybridized carbons (Fsp3) is 0.381. The minimum atomic E-state index is -4.38. The average molecular weight is 376 g/mol. The summed E-state index contributed by atoms with van der Waals surface area (Å²) in [4.78, 5) is 14.7. The van der Waals surface area contributed by atoms with Crippen LogP contribution < -0.4 is 5.32 Å². The molecule has 1 amide bonds. The highest BCUT2D eigenvalue weighted by Crippen LogP contribution is 2.29. The summed E-state index contributed by atoms with van der Waals surface area (Å²) in [5.41, 5.74) is 1.37. The molecule has 1 saturated heterocycles. The van der Waals surface area contributed by atoms with Gasteiger partial charge in [-0.25, -0.2) is 0 Å². The zero-order valence-electron chi connectivity index (χ0n) is 15.1. The van der Waals surface area contributed by atoms with E-state index in [9.17, 15) is 18.0 Å². The molecule has 0 atom stereocenters. The number of hydrogen-bond acceptors (Lipinski definition) is 2. The molecule has 0 spiro atoms. The number of carbonyl (C=O) groups is 1. The van der Waals surface area contributed by atoms with Gasteiger partial charge < -0.3 is 5.32 Å². The molecule has 1 aliphatic rings. The molecule has 0 unspecified atom stereocenters. The van der Waals surface area contributed by atoms with E-state index >= 15 is 0 Å². The van der Waals surface area contributed by atoms with Crippen molar-refractivity contribution in [2.24, 2.45) is 0 Å². The summed E-state index contributed by atoms with van der Waals surface area (Å²) in [5, 5.41) is 2.68. The Bertz CT molecular complexity index is 766. The zero-order valence-corrected chi connectivity index (χ0v) is 15.1. The van der Waals surface area contributed by atoms with Crippen molar-refractivity contribution in [3.8, 4) is 0 Å². The zero-order chi connectivity index (χ0) is 19.3. The van der Waals surface area contributed by atoms with Crippen molar-refractivity contribution in [3.05, 3.63) is 70.8 Å². The lowest BCUT2D eigenvalue weighted by Gasteiger charge is -2.26. The van der Waals surface area contributed by atoms with E-state index in [1.807, 2.05) is 12.1 Å². The van der Waals surface area contributed by atoms with Crippen LogP contribution in [0.5, 0.6) is 0 Å². The number of rotatable bonds is 5. The van der Waals surface area contributed by atoms with Gasteiger partial charge in [0, 0.05) is 18.7 Å². The van der Waals surface area contributed by atoms with Crippen molar-refractivity contribution in [2.75, 3.05) is 13.1 Å². The fourth-order valence-electron chi connectivity index (χ4n) is 3.28. The average Bonchev–Trinajstić information content (AvgIpc) is 2.67. The van der Waals surface area contributed by atoms with Crippen molar-refractivity contribution in [2.45, 2.75) is 38.5 Å². The van der Waals surface area contributed by atoms with Crippen molar-refractivity contribution in [3.63, 3.8) is 0 Å². The first-order valence-electron chi connectivity index (χ1n) is 9.17. The van der Waals surface area contributed by atoms with Crippen molar-refractivity contribution < 1.29 is 18.0 Å². The van der Waals surface area contributed by atoms with Gasteiger partial charge in [0.05, 0.1) is 5.56 Å². The third kappa shape index (κ3) is 5.57. The molecule has 1 heterocycles. The minimum absolute atomic E-state index is 0.0539. The Hall–Kier alpha value is -2.34. The molecule has 0 saturated carbocycles. The maximum Gasteiger partial charge on any atom is 0.416 e. The fourth-order valence-corrected chi connectivity index (χ4v) is 3.28. The van der Waals surface area contributed by atoms with E-state index in [-0.39, 0.29) is 12.5 Å². The van der Waals surface area contributed by atoms with E-state index in [0.29, 0.717) is 11.1 Å². The number of likely N-dealkylation sites (tertiary alicyclic amines) is 1. The lowest BCUT2D eigenvalue weighted by Crippen LogP contribution is -2.29. The van der Waals surface area contributed by atoms with Gasteiger partial charge in [-0.2, -0.15) is 13.2 Å². The minimum Gasteiger partial charge on any atom is -0.348 e. The molecule has 2 aromatic rings. The van der Waals surface area contributed by atoms with Crippen LogP contribution in [0.25, 0.3) is 0 Å². The highest BCUT2D eigenvalue weighted by molar-refractivity contribution is 5.94. The first-order valence-corrected chi connectivity index (χ1v) is 9.17. The number of halogens is 3. The highest BCUT2D eigenvalue weighted by atomic mass is 19.4. The predicted molar refractivity (Wildman–Crippen MR) is 98.2 cm³/mol. The second kappa shape index (κ2) is 8.57. The number of alkyl halides is 3. The van der Waals surface area contributed by atoms with Crippen LogP contribution in [-0.2, 0) is 19.3 Å². The van der Waals surface area contributed by atoms with E-state index in [1.165, 1.54) is 25.3 Å². The molecule has 27 heavy (non-hydrogen) atoms. The van der Waals surface area contributed by atoms with Crippen LogP contribution in [0.4, 0.5) is 13.2 Å². The van der Waals surface area contributed by atoms with E-state index in [0.717, 1.165) is 37.3 Å². The summed E-state index contributed by atoms with van der Waals surface area (Å²) in [5.74, 6) is -0.295. The van der Waals surface area contributed by atoms with Gasteiger partial charge in [-0.1, -0.05) is 30.7 Å². The number of nitrogens with one attached hydrogen (secondary N) is 1. The summed E-state index contributed by atoms with van der Waals surface area (Å²) in [7, 11) is 0. The lowest BCUT2D eigenvalue weighted by atomic mass is 10.1. The van der Waals surface area contributed by atoms with Crippen molar-refractivity contribution >= 4 is 5.91 Å². The van der Waals surface area contributed by atoms with Gasteiger partial charge in [0.15, 0.2) is 0 Å². The summed E-state index contributed by atoms with van der Waals surface area (Å²) < 4.78 is 38.2. The van der Waals surface area contributed by atoms with Crippen LogP contribution >= 0.6 is 0 Å². The lowest BCUT2D eigenvalue weighted by molar-refractivity contribution is -0.137. The van der Waals surface area contributed by atoms with Gasteiger partial charge in [-0.15, -0.1) is 0 Å². The van der Waals surface area contributed by atoms with E-state index in [1.54, 1.807) is 18.2 Å². The van der Waals surface area contributed by atoms with E-state index in [2.05, 4.69) is 10.2 Å². The van der Waals surface area contributed by atoms with Crippen LogP contribution in [0.15, 0.2) is 48.5 Å². The largest absolute Gasteiger partial charge is 0.416 e. The number of nitrogens with zero attached hydrogens (tertiary/aromatic N) is 1. The first kappa shape index (κ1) is 19.4. The summed E-state index contributed by atoms with van der Waals surface area (Å²) in [6, 6.07) is 12.4. The Kier molecular flexibility index (Phi) is 6.16. The van der Waals surface area contributed by atoms with Crippen LogP contribution in [0.2, 0.25) is 0 Å². The predicted octanol–water partition coefficient (Wildman–Crippen LogP) is 4.62. The second-order valence-corrected chi connectivity index (χ2v) is 6.91. The molecule has 1 N–H and O–H groups in total. The maximum absolute atomic E-state index is 12.7. The molecule has 144 valence electrons. The third-order valence-electron chi connectivity index (χ3n) is 4.78. The van der Waals surface area contributed by atoms with Crippen LogP contribution in [-0.4, -0.2) is 23.9 Å². The van der Waals surface area contributed by atoms with Gasteiger partial charge in [0.2, 0.25) is 0 Å². The topological polar surface area (TPSA) is 32.3 Å². The Balaban J connectivity index is 1.55. The standard InChI is InChI=1S/C21H23F3N2O/c22-21(23,24)19-6-4-5-17(13-19)14-25-20(27)18-9-7-16(8-10-18)15-26-11-2-1-3-12-26/h4-10,13H,1-3,11-12,14-15H2,(H,25,27). The Labute approximate surface area is 157 Å². The quantitative estimate of drug-likeness (QED) is 0.826. The number of amides is 1. The summed E-state index contributed by atoms with van der Waals surface area (Å²) in [6.45, 7) is 3.16. The van der Waals surface area contributed by atoms with E-state index in [4.69, 9.17) is 0 Å². The molecule has 0 aromatic heterocycles. The summed E-state index contributed by atoms with van der Waals surface area (Å²) >= 11 is 0. The molecule has 1 fully saturated rings. The molecule has 3 rings (SSSR count). The molecular formula is C21H23F3N2O. The Morgan fingerprint density at radius 2 is 1.67 bits per heavy atom. The number of carbonyl (C=O) groups excluding carboxylic acids is 1. The molecule has 0 radical (unpaired) electrons. The molecule has 6 heteroatoms. The van der Waals surface area contributed by atoms with Crippen LogP contribution in [0, 0.1) is 0 Å². The normalized spacial score (nSPS) is 15.5. The third-order valence-corrected chi connectivity index (χ3v) is 4.78. The molecule has 2 aromatic carbocycles. The smallest absolute Gasteiger partial charge is 0.348 e. The highest BCUT2D eigenvalue weighted by Gasteiger charge is 2.30. The van der Waals surface area contributed by atoms with Gasteiger partial charge in [0.1, 0.15) is 0 Å². The molecule has 0 bridgehead atoms. The van der Waals surface area contributed by atoms with Crippen LogP contribution in [0.3, 0.4) is 0 Å².